The van der Waals surface area contributed by atoms with Crippen LogP contribution in [0.5, 0.6) is 0 Å². The summed E-state index contributed by atoms with van der Waals surface area (Å²) in [5.41, 5.74) is 6.68. The van der Waals surface area contributed by atoms with Crippen molar-refractivity contribution in [3.05, 3.63) is 41.5 Å². The van der Waals surface area contributed by atoms with Gasteiger partial charge in [-0.25, -0.2) is 14.4 Å². The fourth-order valence-electron chi connectivity index (χ4n) is 1.46. The van der Waals surface area contributed by atoms with E-state index in [1.54, 1.807) is 6.07 Å². The molecule has 0 fully saturated rings. The van der Waals surface area contributed by atoms with Gasteiger partial charge in [0.1, 0.15) is 22.5 Å². The van der Waals surface area contributed by atoms with Crippen molar-refractivity contribution in [3.63, 3.8) is 0 Å². The number of nitrogen functional groups attached to an aromatic ring is 1. The molecule has 3 nitrogen and oxygen atoms in total. The van der Waals surface area contributed by atoms with Crippen LogP contribution in [-0.2, 0) is 6.42 Å². The smallest absolute Gasteiger partial charge is 0.131 e. The van der Waals surface area contributed by atoms with Crippen molar-refractivity contribution in [2.24, 2.45) is 0 Å². The number of hydrogen-bond donors (Lipinski definition) is 1. The lowest BCUT2D eigenvalue weighted by atomic mass is 10.3. The molecule has 18 heavy (non-hydrogen) atoms. The number of nitrogens with two attached hydrogens (primary N) is 1. The molecule has 2 N–H and O–H groups in total. The Labute approximate surface area is 110 Å². The third-order valence-electron chi connectivity index (χ3n) is 2.51. The molecule has 94 valence electrons. The fraction of sp³-hybridized carbons (Fsp3) is 0.231. The molecule has 0 bridgehead atoms. The first-order valence-corrected chi connectivity index (χ1v) is 6.48. The second kappa shape index (κ2) is 5.35. The van der Waals surface area contributed by atoms with Crippen molar-refractivity contribution in [2.45, 2.75) is 30.2 Å². The number of anilines is 1. The second-order valence-electron chi connectivity index (χ2n) is 3.87. The third kappa shape index (κ3) is 2.79. The quantitative estimate of drug-likeness (QED) is 0.864. The summed E-state index contributed by atoms with van der Waals surface area (Å²) in [6, 6.07) is 6.42. The molecular weight excluding hydrogens is 249 g/mol. The van der Waals surface area contributed by atoms with Crippen LogP contribution in [0.1, 0.15) is 18.3 Å². The Kier molecular flexibility index (Phi) is 3.81. The van der Waals surface area contributed by atoms with Gasteiger partial charge in [-0.3, -0.25) is 0 Å². The Morgan fingerprint density at radius 1 is 1.33 bits per heavy atom. The Bertz CT molecular complexity index is 572. The first-order chi connectivity index (χ1) is 8.60. The van der Waals surface area contributed by atoms with E-state index in [-0.39, 0.29) is 5.82 Å². The van der Waals surface area contributed by atoms with Crippen LogP contribution in [0, 0.1) is 12.7 Å². The Morgan fingerprint density at radius 2 is 2.11 bits per heavy atom. The molecule has 2 aromatic rings. The van der Waals surface area contributed by atoms with Crippen LogP contribution in [0.15, 0.2) is 34.2 Å². The van der Waals surface area contributed by atoms with Crippen LogP contribution in [0.2, 0.25) is 0 Å². The highest BCUT2D eigenvalue weighted by Gasteiger charge is 2.09. The molecule has 1 heterocycles. The minimum Gasteiger partial charge on any atom is -0.383 e. The maximum absolute atomic E-state index is 13.1. The van der Waals surface area contributed by atoms with Crippen molar-refractivity contribution in [1.82, 2.24) is 9.97 Å². The topological polar surface area (TPSA) is 51.8 Å². The summed E-state index contributed by atoms with van der Waals surface area (Å²) in [4.78, 5) is 9.42. The minimum atomic E-state index is -0.254. The largest absolute Gasteiger partial charge is 0.383 e. The zero-order chi connectivity index (χ0) is 13.1. The van der Waals surface area contributed by atoms with E-state index in [9.17, 15) is 4.39 Å². The van der Waals surface area contributed by atoms with E-state index in [2.05, 4.69) is 9.97 Å². The molecule has 0 aliphatic carbocycles. The van der Waals surface area contributed by atoms with Gasteiger partial charge in [-0.1, -0.05) is 24.8 Å². The van der Waals surface area contributed by atoms with Gasteiger partial charge < -0.3 is 5.73 Å². The van der Waals surface area contributed by atoms with Crippen LogP contribution >= 0.6 is 11.8 Å². The van der Waals surface area contributed by atoms with E-state index < -0.39 is 0 Å². The van der Waals surface area contributed by atoms with Crippen LogP contribution in [-0.4, -0.2) is 9.97 Å². The molecule has 1 aromatic heterocycles. The number of aromatic nitrogens is 2. The average Bonchev–Trinajstić information content (AvgIpc) is 2.34. The SMILES string of the molecule is CCc1nc(N)c(C)c(Sc2cccc(F)c2)n1. The zero-order valence-corrected chi connectivity index (χ0v) is 11.1. The van der Waals surface area contributed by atoms with E-state index in [0.717, 1.165) is 21.9 Å². The summed E-state index contributed by atoms with van der Waals surface area (Å²) in [6.45, 7) is 3.84. The Morgan fingerprint density at radius 3 is 2.78 bits per heavy atom. The zero-order valence-electron chi connectivity index (χ0n) is 10.3. The second-order valence-corrected chi connectivity index (χ2v) is 4.93. The first-order valence-electron chi connectivity index (χ1n) is 5.66. The number of nitrogens with zero attached hydrogens (tertiary/aromatic N) is 2. The van der Waals surface area contributed by atoms with E-state index in [1.807, 2.05) is 19.9 Å². The predicted molar refractivity (Wildman–Crippen MR) is 71.1 cm³/mol. The molecule has 0 unspecified atom stereocenters. The molecule has 0 radical (unpaired) electrons. The van der Waals surface area contributed by atoms with E-state index in [4.69, 9.17) is 5.73 Å². The average molecular weight is 263 g/mol. The molecule has 0 aliphatic heterocycles. The number of benzene rings is 1. The van der Waals surface area contributed by atoms with Crippen LogP contribution in [0.3, 0.4) is 0 Å². The van der Waals surface area contributed by atoms with E-state index in [1.165, 1.54) is 23.9 Å². The maximum Gasteiger partial charge on any atom is 0.131 e. The van der Waals surface area contributed by atoms with Crippen molar-refractivity contribution in [3.8, 4) is 0 Å². The van der Waals surface area contributed by atoms with E-state index in [0.29, 0.717) is 11.6 Å². The molecule has 0 atom stereocenters. The molecular formula is C13H14FN3S. The number of hydrogen-bond acceptors (Lipinski definition) is 4. The van der Waals surface area contributed by atoms with Gasteiger partial charge in [0.15, 0.2) is 0 Å². The summed E-state index contributed by atoms with van der Waals surface area (Å²) in [5.74, 6) is 0.938. The summed E-state index contributed by atoms with van der Waals surface area (Å²) in [6.07, 6.45) is 0.723. The van der Waals surface area contributed by atoms with E-state index >= 15 is 0 Å². The van der Waals surface area contributed by atoms with Crippen molar-refractivity contribution >= 4 is 17.6 Å². The normalized spacial score (nSPS) is 10.6. The molecule has 5 heteroatoms. The van der Waals surface area contributed by atoms with Gasteiger partial charge in [0.2, 0.25) is 0 Å². The third-order valence-corrected chi connectivity index (χ3v) is 3.59. The summed E-state index contributed by atoms with van der Waals surface area (Å²) in [5, 5.41) is 0.782. The van der Waals surface area contributed by atoms with Crippen LogP contribution < -0.4 is 5.73 Å². The highest BCUT2D eigenvalue weighted by atomic mass is 32.2. The molecule has 0 spiro atoms. The lowest BCUT2D eigenvalue weighted by Crippen LogP contribution is -2.03. The molecule has 2 rings (SSSR count). The molecule has 0 saturated carbocycles. The van der Waals surface area contributed by atoms with Gasteiger partial charge in [0.05, 0.1) is 0 Å². The maximum atomic E-state index is 13.1. The lowest BCUT2D eigenvalue weighted by molar-refractivity contribution is 0.624. The predicted octanol–water partition coefficient (Wildman–Crippen LogP) is 3.22. The number of halogens is 1. The standard InChI is InChI=1S/C13H14FN3S/c1-3-11-16-12(15)8(2)13(17-11)18-10-6-4-5-9(14)7-10/h4-7H,3H2,1-2H3,(H2,15,16,17). The van der Waals surface area contributed by atoms with Crippen molar-refractivity contribution < 1.29 is 4.39 Å². The highest BCUT2D eigenvalue weighted by Crippen LogP contribution is 2.30. The van der Waals surface area contributed by atoms with Gasteiger partial charge in [0, 0.05) is 16.9 Å². The Balaban J connectivity index is 2.36. The van der Waals surface area contributed by atoms with Gasteiger partial charge in [-0.15, -0.1) is 0 Å². The van der Waals surface area contributed by atoms with Crippen LogP contribution in [0.4, 0.5) is 10.2 Å². The molecule has 1 aromatic carbocycles. The molecule has 0 aliphatic rings. The molecule has 0 amide bonds. The molecule has 0 saturated heterocycles. The van der Waals surface area contributed by atoms with Gasteiger partial charge >= 0.3 is 0 Å². The summed E-state index contributed by atoms with van der Waals surface area (Å²) < 4.78 is 13.1. The summed E-state index contributed by atoms with van der Waals surface area (Å²) >= 11 is 1.40. The lowest BCUT2D eigenvalue weighted by Gasteiger charge is -2.08. The Hall–Kier alpha value is -1.62. The van der Waals surface area contributed by atoms with Gasteiger partial charge in [0.25, 0.3) is 0 Å². The minimum absolute atomic E-state index is 0.254. The summed E-state index contributed by atoms with van der Waals surface area (Å²) in [7, 11) is 0. The van der Waals surface area contributed by atoms with Gasteiger partial charge in [-0.05, 0) is 25.1 Å². The van der Waals surface area contributed by atoms with Gasteiger partial charge in [-0.2, -0.15) is 0 Å². The fourth-order valence-corrected chi connectivity index (χ4v) is 2.41. The number of aryl methyl sites for hydroxylation is 1. The van der Waals surface area contributed by atoms with Crippen molar-refractivity contribution in [1.29, 1.82) is 0 Å². The monoisotopic (exact) mass is 263 g/mol. The van der Waals surface area contributed by atoms with Crippen molar-refractivity contribution in [2.75, 3.05) is 5.73 Å². The first kappa shape index (κ1) is 12.8. The number of rotatable bonds is 3. The van der Waals surface area contributed by atoms with Crippen LogP contribution in [0.25, 0.3) is 0 Å². The highest BCUT2D eigenvalue weighted by molar-refractivity contribution is 7.99.